The Morgan fingerprint density at radius 2 is 1.50 bits per heavy atom. The average molecular weight is 299 g/mol. The smallest absolute Gasteiger partial charge is 0.321 e. The predicted octanol–water partition coefficient (Wildman–Crippen LogP) is 5.19. The van der Waals surface area contributed by atoms with Gasteiger partial charge in [0.15, 0.2) is 0 Å². The summed E-state index contributed by atoms with van der Waals surface area (Å²) in [6, 6.07) is 0. The third-order valence-electron chi connectivity index (χ3n) is 2.91. The van der Waals surface area contributed by atoms with Gasteiger partial charge in [-0.2, -0.15) is 0 Å². The van der Waals surface area contributed by atoms with Crippen LogP contribution in [0.25, 0.3) is 0 Å². The summed E-state index contributed by atoms with van der Waals surface area (Å²) in [6.07, 6.45) is 10.8. The minimum Gasteiger partial charge on any atom is -0.461 e. The molecule has 0 atom stereocenters. The van der Waals surface area contributed by atoms with Crippen molar-refractivity contribution in [3.05, 3.63) is 34.9 Å². The van der Waals surface area contributed by atoms with Gasteiger partial charge in [0.2, 0.25) is 0 Å². The van der Waals surface area contributed by atoms with E-state index < -0.39 is 0 Å². The molecule has 0 aliphatic rings. The van der Waals surface area contributed by atoms with E-state index in [2.05, 4.69) is 39.8 Å². The van der Waals surface area contributed by atoms with Gasteiger partial charge in [-0.15, -0.1) is 11.6 Å². The highest BCUT2D eigenvalue weighted by molar-refractivity contribution is 6.26. The summed E-state index contributed by atoms with van der Waals surface area (Å²) >= 11 is 5.34. The van der Waals surface area contributed by atoms with Crippen LogP contribution in [0.1, 0.15) is 53.4 Å². The third-order valence-corrected chi connectivity index (χ3v) is 3.13. The van der Waals surface area contributed by atoms with E-state index in [1.807, 2.05) is 6.08 Å². The predicted molar refractivity (Wildman–Crippen MR) is 87.1 cm³/mol. The molecular weight excluding hydrogens is 272 g/mol. The van der Waals surface area contributed by atoms with Crippen molar-refractivity contribution in [3.8, 4) is 0 Å². The first kappa shape index (κ1) is 19.0. The van der Waals surface area contributed by atoms with Crippen LogP contribution >= 0.6 is 11.6 Å². The molecule has 0 aromatic heterocycles. The van der Waals surface area contributed by atoms with Crippen LogP contribution in [0.3, 0.4) is 0 Å². The number of carbonyl (C=O) groups excluding carboxylic acids is 1. The Kier molecular flexibility index (Phi) is 11.2. The lowest BCUT2D eigenvalue weighted by molar-refractivity contribution is -0.139. The molecule has 0 bridgehead atoms. The Labute approximate surface area is 128 Å². The van der Waals surface area contributed by atoms with Gasteiger partial charge in [0.05, 0.1) is 0 Å². The first-order valence-corrected chi connectivity index (χ1v) is 7.65. The van der Waals surface area contributed by atoms with Gasteiger partial charge in [-0.05, 0) is 59.5 Å². The Morgan fingerprint density at radius 3 is 2.05 bits per heavy atom. The van der Waals surface area contributed by atoms with Gasteiger partial charge in [0.25, 0.3) is 0 Å². The molecule has 0 aromatic carbocycles. The van der Waals surface area contributed by atoms with Gasteiger partial charge in [-0.3, -0.25) is 4.79 Å². The quantitative estimate of drug-likeness (QED) is 0.333. The van der Waals surface area contributed by atoms with Crippen LogP contribution in [-0.4, -0.2) is 18.5 Å². The van der Waals surface area contributed by atoms with Crippen LogP contribution in [0.5, 0.6) is 0 Å². The van der Waals surface area contributed by atoms with Gasteiger partial charge < -0.3 is 4.74 Å². The molecule has 20 heavy (non-hydrogen) atoms. The van der Waals surface area contributed by atoms with Crippen LogP contribution < -0.4 is 0 Å². The monoisotopic (exact) mass is 298 g/mol. The first-order chi connectivity index (χ1) is 9.45. The molecule has 0 aliphatic carbocycles. The van der Waals surface area contributed by atoms with E-state index in [0.717, 1.165) is 25.7 Å². The van der Waals surface area contributed by atoms with Crippen LogP contribution in [0.15, 0.2) is 34.9 Å². The lowest BCUT2D eigenvalue weighted by Gasteiger charge is -2.02. The summed E-state index contributed by atoms with van der Waals surface area (Å²) in [5.41, 5.74) is 4.05. The molecule has 0 spiro atoms. The molecule has 3 heteroatoms. The fourth-order valence-electron chi connectivity index (χ4n) is 1.65. The molecule has 0 saturated heterocycles. The van der Waals surface area contributed by atoms with Crippen molar-refractivity contribution in [2.75, 3.05) is 12.5 Å². The number of carbonyl (C=O) groups is 1. The highest BCUT2D eigenvalue weighted by atomic mass is 35.5. The van der Waals surface area contributed by atoms with Crippen LogP contribution in [-0.2, 0) is 9.53 Å². The van der Waals surface area contributed by atoms with Gasteiger partial charge in [0.1, 0.15) is 12.5 Å². The third kappa shape index (κ3) is 12.0. The number of allylic oxidation sites excluding steroid dienone is 5. The van der Waals surface area contributed by atoms with Gasteiger partial charge in [-0.1, -0.05) is 28.9 Å². The number of ether oxygens (including phenoxy) is 1. The molecule has 0 aromatic rings. The van der Waals surface area contributed by atoms with Crippen molar-refractivity contribution in [2.24, 2.45) is 0 Å². The number of halogens is 1. The Balaban J connectivity index is 3.88. The Hall–Kier alpha value is -1.02. The maximum Gasteiger partial charge on any atom is 0.321 e. The highest BCUT2D eigenvalue weighted by Gasteiger charge is 1.97. The number of rotatable bonds is 9. The van der Waals surface area contributed by atoms with Crippen molar-refractivity contribution in [3.63, 3.8) is 0 Å². The number of esters is 1. The summed E-state index contributed by atoms with van der Waals surface area (Å²) in [6.45, 7) is 8.82. The van der Waals surface area contributed by atoms with Crippen molar-refractivity contribution < 1.29 is 9.53 Å². The molecule has 0 unspecified atom stereocenters. The summed E-state index contributed by atoms with van der Waals surface area (Å²) in [7, 11) is 0. The fraction of sp³-hybridized carbons (Fsp3) is 0.588. The molecule has 0 amide bonds. The minimum atomic E-state index is -0.370. The van der Waals surface area contributed by atoms with E-state index in [-0.39, 0.29) is 11.8 Å². The second-order valence-corrected chi connectivity index (χ2v) is 5.54. The van der Waals surface area contributed by atoms with E-state index in [4.69, 9.17) is 16.3 Å². The topological polar surface area (TPSA) is 26.3 Å². The number of hydrogen-bond acceptors (Lipinski definition) is 2. The van der Waals surface area contributed by atoms with Gasteiger partial charge >= 0.3 is 5.97 Å². The van der Waals surface area contributed by atoms with Crippen LogP contribution in [0.2, 0.25) is 0 Å². The summed E-state index contributed by atoms with van der Waals surface area (Å²) in [5, 5.41) is 0. The highest BCUT2D eigenvalue weighted by Crippen LogP contribution is 2.11. The summed E-state index contributed by atoms with van der Waals surface area (Å²) < 4.78 is 4.90. The Morgan fingerprint density at radius 1 is 0.950 bits per heavy atom. The SMILES string of the molecule is CC(C)=CCCC(C)=CCCC(C)=CCOC(=O)CCl. The van der Waals surface area contributed by atoms with Crippen molar-refractivity contribution >= 4 is 17.6 Å². The zero-order valence-electron chi connectivity index (χ0n) is 13.2. The Bertz CT molecular complexity index is 374. The zero-order chi connectivity index (χ0) is 15.4. The molecule has 0 N–H and O–H groups in total. The molecule has 0 rings (SSSR count). The minimum absolute atomic E-state index is 0.0828. The van der Waals surface area contributed by atoms with E-state index in [1.54, 1.807) is 0 Å². The van der Waals surface area contributed by atoms with Crippen molar-refractivity contribution in [1.29, 1.82) is 0 Å². The average Bonchev–Trinajstić information content (AvgIpc) is 2.38. The second kappa shape index (κ2) is 11.8. The van der Waals surface area contributed by atoms with Gasteiger partial charge in [0, 0.05) is 0 Å². The normalized spacial score (nSPS) is 12.2. The zero-order valence-corrected chi connectivity index (χ0v) is 13.9. The van der Waals surface area contributed by atoms with E-state index in [9.17, 15) is 4.79 Å². The van der Waals surface area contributed by atoms with Crippen molar-refractivity contribution in [1.82, 2.24) is 0 Å². The van der Waals surface area contributed by atoms with E-state index in [1.165, 1.54) is 16.7 Å². The van der Waals surface area contributed by atoms with Crippen molar-refractivity contribution in [2.45, 2.75) is 53.4 Å². The van der Waals surface area contributed by atoms with E-state index >= 15 is 0 Å². The number of alkyl halides is 1. The molecule has 114 valence electrons. The molecule has 0 heterocycles. The molecule has 0 aliphatic heterocycles. The lowest BCUT2D eigenvalue weighted by Crippen LogP contribution is -2.05. The summed E-state index contributed by atoms with van der Waals surface area (Å²) in [5.74, 6) is -0.453. The fourth-order valence-corrected chi connectivity index (χ4v) is 1.73. The van der Waals surface area contributed by atoms with Crippen LogP contribution in [0, 0.1) is 0 Å². The molecular formula is C17H27ClO2. The lowest BCUT2D eigenvalue weighted by atomic mass is 10.1. The molecule has 0 fully saturated rings. The van der Waals surface area contributed by atoms with E-state index in [0.29, 0.717) is 6.61 Å². The second-order valence-electron chi connectivity index (χ2n) is 5.28. The molecule has 2 nitrogen and oxygen atoms in total. The molecule has 0 saturated carbocycles. The maximum atomic E-state index is 10.8. The largest absolute Gasteiger partial charge is 0.461 e. The summed E-state index contributed by atoms with van der Waals surface area (Å²) in [4.78, 5) is 10.8. The first-order valence-electron chi connectivity index (χ1n) is 7.12. The maximum absolute atomic E-state index is 10.8. The van der Waals surface area contributed by atoms with Gasteiger partial charge in [-0.25, -0.2) is 0 Å². The number of hydrogen-bond donors (Lipinski definition) is 0. The van der Waals surface area contributed by atoms with Crippen LogP contribution in [0.4, 0.5) is 0 Å². The molecule has 0 radical (unpaired) electrons. The standard InChI is InChI=1S/C17H27ClO2/c1-14(2)7-5-8-15(3)9-6-10-16(4)11-12-20-17(19)13-18/h7,9,11H,5-6,8,10,12-13H2,1-4H3.